The molecule has 1 atom stereocenters. The molecule has 180 valence electrons. The van der Waals surface area contributed by atoms with Crippen LogP contribution in [0.3, 0.4) is 0 Å². The van der Waals surface area contributed by atoms with Gasteiger partial charge in [-0.1, -0.05) is 188 Å². The zero-order valence-corrected chi connectivity index (χ0v) is 21.4. The van der Waals surface area contributed by atoms with Crippen LogP contribution in [0, 0.1) is 19.8 Å². The van der Waals surface area contributed by atoms with E-state index >= 15 is 0 Å². The summed E-state index contributed by atoms with van der Waals surface area (Å²) in [5.74, 6) is 0.998. The summed E-state index contributed by atoms with van der Waals surface area (Å²) in [4.78, 5) is 0. The predicted molar refractivity (Wildman–Crippen MR) is 140 cm³/mol. The van der Waals surface area contributed by atoms with E-state index in [1.54, 1.807) is 0 Å². The lowest BCUT2D eigenvalue weighted by Crippen LogP contribution is -1.99. The molecule has 0 saturated carbocycles. The Hall–Kier alpha value is 0. The summed E-state index contributed by atoms with van der Waals surface area (Å²) in [7, 11) is 0. The molecule has 0 heteroatoms. The van der Waals surface area contributed by atoms with Crippen LogP contribution in [0.2, 0.25) is 0 Å². The van der Waals surface area contributed by atoms with Gasteiger partial charge in [-0.3, -0.25) is 0 Å². The van der Waals surface area contributed by atoms with Crippen LogP contribution < -0.4 is 0 Å². The molecule has 0 aromatic rings. The van der Waals surface area contributed by atoms with E-state index < -0.39 is 0 Å². The van der Waals surface area contributed by atoms with Gasteiger partial charge in [0, 0.05) is 0 Å². The van der Waals surface area contributed by atoms with Gasteiger partial charge in [0.05, 0.1) is 0 Å². The third-order valence-corrected chi connectivity index (χ3v) is 7.05. The summed E-state index contributed by atoms with van der Waals surface area (Å²) in [6, 6.07) is 0. The van der Waals surface area contributed by atoms with Crippen LogP contribution in [-0.4, -0.2) is 0 Å². The second kappa shape index (κ2) is 27.0. The van der Waals surface area contributed by atoms with Gasteiger partial charge in [-0.25, -0.2) is 0 Å². The van der Waals surface area contributed by atoms with E-state index in [2.05, 4.69) is 20.8 Å². The summed E-state index contributed by atoms with van der Waals surface area (Å²) in [6.07, 6.45) is 37.1. The Labute approximate surface area is 193 Å². The van der Waals surface area contributed by atoms with Crippen molar-refractivity contribution in [2.24, 2.45) is 5.92 Å². The summed E-state index contributed by atoms with van der Waals surface area (Å²) in [5.41, 5.74) is 0. The second-order valence-electron chi connectivity index (χ2n) is 9.98. The van der Waals surface area contributed by atoms with Crippen LogP contribution in [0.4, 0.5) is 0 Å². The van der Waals surface area contributed by atoms with E-state index in [1.165, 1.54) is 154 Å². The largest absolute Gasteiger partial charge is 0.0651 e. The van der Waals surface area contributed by atoms with Crippen molar-refractivity contribution in [1.82, 2.24) is 0 Å². The first-order chi connectivity index (χ1) is 14.8. The van der Waals surface area contributed by atoms with E-state index in [1.807, 2.05) is 0 Å². The number of hydrogen-bond acceptors (Lipinski definition) is 0. The smallest absolute Gasteiger partial charge is 0.0417 e. The maximum atomic E-state index is 3.95. The SMILES string of the molecule is [CH2]CCCCCCCCCCCCCCCCCCCCC(CC)CCCCC[CH2]. The van der Waals surface area contributed by atoms with Crippen molar-refractivity contribution >= 4 is 0 Å². The topological polar surface area (TPSA) is 0 Å². The average Bonchev–Trinajstić information content (AvgIpc) is 2.76. The molecule has 0 bridgehead atoms. The molecule has 0 N–H and O–H groups in total. The van der Waals surface area contributed by atoms with Crippen molar-refractivity contribution in [2.75, 3.05) is 0 Å². The molecule has 0 heterocycles. The fraction of sp³-hybridized carbons (Fsp3) is 0.933. The molecule has 0 fully saturated rings. The monoisotopic (exact) mass is 420 g/mol. The summed E-state index contributed by atoms with van der Waals surface area (Å²) in [5, 5.41) is 0. The molecule has 0 aromatic heterocycles. The Morgan fingerprint density at radius 1 is 0.367 bits per heavy atom. The molecule has 0 aliphatic heterocycles. The zero-order chi connectivity index (χ0) is 22.0. The van der Waals surface area contributed by atoms with Gasteiger partial charge in [0.1, 0.15) is 0 Å². The van der Waals surface area contributed by atoms with Gasteiger partial charge in [0.2, 0.25) is 0 Å². The van der Waals surface area contributed by atoms with Crippen molar-refractivity contribution in [3.05, 3.63) is 13.8 Å². The molecule has 2 radical (unpaired) electrons. The normalized spacial score (nSPS) is 12.5. The van der Waals surface area contributed by atoms with Crippen LogP contribution in [0.25, 0.3) is 0 Å². The summed E-state index contributed by atoms with van der Waals surface area (Å²) in [6.45, 7) is 10.3. The van der Waals surface area contributed by atoms with Gasteiger partial charge in [-0.05, 0) is 5.92 Å². The number of unbranched alkanes of at least 4 members (excludes halogenated alkanes) is 21. The van der Waals surface area contributed by atoms with Gasteiger partial charge in [0.25, 0.3) is 0 Å². The van der Waals surface area contributed by atoms with Gasteiger partial charge >= 0.3 is 0 Å². The van der Waals surface area contributed by atoms with Crippen LogP contribution in [0.5, 0.6) is 0 Å². The molecule has 0 aromatic carbocycles. The molecular formula is C30H60. The van der Waals surface area contributed by atoms with E-state index in [0.29, 0.717) is 0 Å². The van der Waals surface area contributed by atoms with E-state index in [-0.39, 0.29) is 0 Å². The lowest BCUT2D eigenvalue weighted by molar-refractivity contribution is 0.394. The van der Waals surface area contributed by atoms with Gasteiger partial charge in [-0.2, -0.15) is 0 Å². The standard InChI is InChI=1S/C30H60/c1-4-7-9-11-12-13-14-15-16-17-18-19-20-21-22-23-24-25-27-29-30(6-3)28-26-10-8-5-2/h30H,1-2,4-29H2,3H3. The van der Waals surface area contributed by atoms with Crippen molar-refractivity contribution in [3.8, 4) is 0 Å². The lowest BCUT2D eigenvalue weighted by atomic mass is 9.92. The molecule has 0 nitrogen and oxygen atoms in total. The number of rotatable bonds is 26. The number of hydrogen-bond donors (Lipinski definition) is 0. The molecular weight excluding hydrogens is 360 g/mol. The highest BCUT2D eigenvalue weighted by atomic mass is 14.1. The third-order valence-electron chi connectivity index (χ3n) is 7.05. The first-order valence-corrected chi connectivity index (χ1v) is 14.4. The Morgan fingerprint density at radius 2 is 0.600 bits per heavy atom. The third kappa shape index (κ3) is 24.3. The van der Waals surface area contributed by atoms with Crippen molar-refractivity contribution < 1.29 is 0 Å². The van der Waals surface area contributed by atoms with Crippen LogP contribution >= 0.6 is 0 Å². The fourth-order valence-corrected chi connectivity index (χ4v) is 4.78. The Balaban J connectivity index is 3.15. The molecule has 1 unspecified atom stereocenters. The first-order valence-electron chi connectivity index (χ1n) is 14.4. The fourth-order valence-electron chi connectivity index (χ4n) is 4.78. The Bertz CT molecular complexity index is 282. The van der Waals surface area contributed by atoms with Crippen LogP contribution in [-0.2, 0) is 0 Å². The maximum absolute atomic E-state index is 3.95. The minimum absolute atomic E-state index is 0.998. The lowest BCUT2D eigenvalue weighted by Gasteiger charge is -2.14. The first kappa shape index (κ1) is 30.0. The van der Waals surface area contributed by atoms with Crippen molar-refractivity contribution in [3.63, 3.8) is 0 Å². The Kier molecular flexibility index (Phi) is 27.0. The summed E-state index contributed by atoms with van der Waals surface area (Å²) < 4.78 is 0. The average molecular weight is 421 g/mol. The highest BCUT2D eigenvalue weighted by molar-refractivity contribution is 4.59. The van der Waals surface area contributed by atoms with Gasteiger partial charge in [-0.15, -0.1) is 0 Å². The van der Waals surface area contributed by atoms with Gasteiger partial charge < -0.3 is 0 Å². The van der Waals surface area contributed by atoms with Crippen LogP contribution in [0.1, 0.15) is 174 Å². The zero-order valence-electron chi connectivity index (χ0n) is 21.4. The minimum atomic E-state index is 0.998. The van der Waals surface area contributed by atoms with E-state index in [4.69, 9.17) is 0 Å². The molecule has 0 saturated heterocycles. The second-order valence-corrected chi connectivity index (χ2v) is 9.98. The van der Waals surface area contributed by atoms with Gasteiger partial charge in [0.15, 0.2) is 0 Å². The van der Waals surface area contributed by atoms with Crippen LogP contribution in [0.15, 0.2) is 0 Å². The molecule has 0 aliphatic rings. The summed E-state index contributed by atoms with van der Waals surface area (Å²) >= 11 is 0. The van der Waals surface area contributed by atoms with E-state index in [0.717, 1.165) is 18.8 Å². The van der Waals surface area contributed by atoms with Crippen molar-refractivity contribution in [1.29, 1.82) is 0 Å². The highest BCUT2D eigenvalue weighted by Crippen LogP contribution is 2.21. The molecule has 0 aliphatic carbocycles. The predicted octanol–water partition coefficient (Wildman–Crippen LogP) is 11.4. The molecule has 30 heavy (non-hydrogen) atoms. The Morgan fingerprint density at radius 3 is 0.867 bits per heavy atom. The molecule has 0 spiro atoms. The molecule has 0 amide bonds. The van der Waals surface area contributed by atoms with E-state index in [9.17, 15) is 0 Å². The minimum Gasteiger partial charge on any atom is -0.0651 e. The highest BCUT2D eigenvalue weighted by Gasteiger charge is 2.05. The van der Waals surface area contributed by atoms with Crippen molar-refractivity contribution in [2.45, 2.75) is 174 Å². The molecule has 0 rings (SSSR count). The quantitative estimate of drug-likeness (QED) is 0.122. The maximum Gasteiger partial charge on any atom is -0.0417 e.